The van der Waals surface area contributed by atoms with Gasteiger partial charge in [0, 0.05) is 18.7 Å². The minimum atomic E-state index is 0.233. The molecule has 0 radical (unpaired) electrons. The Bertz CT molecular complexity index is 528. The highest BCUT2D eigenvalue weighted by Gasteiger charge is 2.07. The number of nitrogens with one attached hydrogen (secondary N) is 1. The van der Waals surface area contributed by atoms with E-state index in [0.29, 0.717) is 11.4 Å². The van der Waals surface area contributed by atoms with Crippen molar-refractivity contribution in [3.05, 3.63) is 48.0 Å². The Labute approximate surface area is 106 Å². The summed E-state index contributed by atoms with van der Waals surface area (Å²) in [5.41, 5.74) is 0.572. The predicted molar refractivity (Wildman–Crippen MR) is 69.1 cm³/mol. The SMILES string of the molecule is CC(CCc1ccco1)Nc1ncccc1C#N. The lowest BCUT2D eigenvalue weighted by Gasteiger charge is -2.14. The van der Waals surface area contributed by atoms with Crippen LogP contribution in [0.2, 0.25) is 0 Å². The van der Waals surface area contributed by atoms with E-state index < -0.39 is 0 Å². The monoisotopic (exact) mass is 241 g/mol. The Hall–Kier alpha value is -2.28. The van der Waals surface area contributed by atoms with Crippen molar-refractivity contribution < 1.29 is 4.42 Å². The summed E-state index contributed by atoms with van der Waals surface area (Å²) in [5.74, 6) is 1.62. The van der Waals surface area contributed by atoms with Gasteiger partial charge in [-0.3, -0.25) is 0 Å². The largest absolute Gasteiger partial charge is 0.469 e. The molecule has 0 bridgehead atoms. The van der Waals surface area contributed by atoms with Gasteiger partial charge in [0.25, 0.3) is 0 Å². The molecular weight excluding hydrogens is 226 g/mol. The van der Waals surface area contributed by atoms with Gasteiger partial charge in [-0.05, 0) is 37.6 Å². The molecule has 2 heterocycles. The molecule has 0 aliphatic rings. The Kier molecular flexibility index (Phi) is 3.98. The Morgan fingerprint density at radius 2 is 2.33 bits per heavy atom. The Morgan fingerprint density at radius 1 is 1.44 bits per heavy atom. The molecule has 1 unspecified atom stereocenters. The number of furan rings is 1. The van der Waals surface area contributed by atoms with Gasteiger partial charge in [-0.1, -0.05) is 0 Å². The number of hydrogen-bond donors (Lipinski definition) is 1. The van der Waals surface area contributed by atoms with Gasteiger partial charge in [0.2, 0.25) is 0 Å². The molecule has 0 saturated carbocycles. The Balaban J connectivity index is 1.91. The summed E-state index contributed by atoms with van der Waals surface area (Å²) in [5, 5.41) is 12.2. The van der Waals surface area contributed by atoms with Crippen LogP contribution in [-0.4, -0.2) is 11.0 Å². The smallest absolute Gasteiger partial charge is 0.144 e. The molecule has 0 spiro atoms. The average molecular weight is 241 g/mol. The highest BCUT2D eigenvalue weighted by Crippen LogP contribution is 2.13. The quantitative estimate of drug-likeness (QED) is 0.874. The van der Waals surface area contributed by atoms with Gasteiger partial charge in [0.05, 0.1) is 11.8 Å². The van der Waals surface area contributed by atoms with Crippen LogP contribution in [0.15, 0.2) is 41.1 Å². The van der Waals surface area contributed by atoms with E-state index in [1.807, 2.05) is 12.1 Å². The number of nitriles is 1. The minimum Gasteiger partial charge on any atom is -0.469 e. The summed E-state index contributed by atoms with van der Waals surface area (Å²) in [6, 6.07) is 9.74. The minimum absolute atomic E-state index is 0.233. The first-order valence-electron chi connectivity index (χ1n) is 5.93. The van der Waals surface area contributed by atoms with Gasteiger partial charge in [-0.15, -0.1) is 0 Å². The average Bonchev–Trinajstić information content (AvgIpc) is 2.90. The van der Waals surface area contributed by atoms with Gasteiger partial charge >= 0.3 is 0 Å². The second kappa shape index (κ2) is 5.87. The molecule has 4 heteroatoms. The van der Waals surface area contributed by atoms with E-state index in [-0.39, 0.29) is 6.04 Å². The second-order valence-electron chi connectivity index (χ2n) is 4.17. The number of rotatable bonds is 5. The normalized spacial score (nSPS) is 11.8. The molecule has 2 rings (SSSR count). The maximum absolute atomic E-state index is 8.97. The van der Waals surface area contributed by atoms with E-state index in [1.54, 1.807) is 24.6 Å². The van der Waals surface area contributed by atoms with E-state index in [2.05, 4.69) is 23.3 Å². The number of aryl methyl sites for hydroxylation is 1. The highest BCUT2D eigenvalue weighted by atomic mass is 16.3. The lowest BCUT2D eigenvalue weighted by molar-refractivity contribution is 0.495. The molecule has 4 nitrogen and oxygen atoms in total. The molecule has 1 N–H and O–H groups in total. The summed E-state index contributed by atoms with van der Waals surface area (Å²) in [6.07, 6.45) is 5.16. The molecule has 0 fully saturated rings. The van der Waals surface area contributed by atoms with E-state index in [9.17, 15) is 0 Å². The molecule has 2 aromatic rings. The van der Waals surface area contributed by atoms with Gasteiger partial charge in [-0.25, -0.2) is 4.98 Å². The number of aromatic nitrogens is 1. The fourth-order valence-electron chi connectivity index (χ4n) is 1.73. The number of hydrogen-bond acceptors (Lipinski definition) is 4. The van der Waals surface area contributed by atoms with Crippen molar-refractivity contribution in [1.82, 2.24) is 4.98 Å². The number of pyridine rings is 1. The predicted octanol–water partition coefficient (Wildman–Crippen LogP) is 2.98. The van der Waals surface area contributed by atoms with E-state index >= 15 is 0 Å². The summed E-state index contributed by atoms with van der Waals surface area (Å²) < 4.78 is 5.28. The molecule has 0 aliphatic carbocycles. The van der Waals surface area contributed by atoms with Crippen LogP contribution < -0.4 is 5.32 Å². The zero-order valence-electron chi connectivity index (χ0n) is 10.3. The van der Waals surface area contributed by atoms with Crippen LogP contribution in [-0.2, 0) is 6.42 Å². The van der Waals surface area contributed by atoms with Crippen LogP contribution in [0.4, 0.5) is 5.82 Å². The van der Waals surface area contributed by atoms with E-state index in [0.717, 1.165) is 18.6 Å². The van der Waals surface area contributed by atoms with Crippen molar-refractivity contribution in [2.75, 3.05) is 5.32 Å². The number of nitrogens with zero attached hydrogens (tertiary/aromatic N) is 2. The van der Waals surface area contributed by atoms with Crippen molar-refractivity contribution in [3.63, 3.8) is 0 Å². The molecule has 0 saturated heterocycles. The summed E-state index contributed by atoms with van der Waals surface area (Å²) in [7, 11) is 0. The van der Waals surface area contributed by atoms with Crippen molar-refractivity contribution in [1.29, 1.82) is 5.26 Å². The topological polar surface area (TPSA) is 61.9 Å². The van der Waals surface area contributed by atoms with E-state index in [1.165, 1.54) is 0 Å². The second-order valence-corrected chi connectivity index (χ2v) is 4.17. The molecule has 0 aliphatic heterocycles. The van der Waals surface area contributed by atoms with Gasteiger partial charge < -0.3 is 9.73 Å². The third-order valence-electron chi connectivity index (χ3n) is 2.72. The van der Waals surface area contributed by atoms with Crippen LogP contribution in [0.25, 0.3) is 0 Å². The Morgan fingerprint density at radius 3 is 3.06 bits per heavy atom. The fraction of sp³-hybridized carbons (Fsp3) is 0.286. The third kappa shape index (κ3) is 3.11. The molecule has 1 atom stereocenters. The lowest BCUT2D eigenvalue weighted by atomic mass is 10.1. The first-order chi connectivity index (χ1) is 8.79. The molecule has 0 aromatic carbocycles. The molecule has 0 amide bonds. The maximum atomic E-state index is 8.97. The van der Waals surface area contributed by atoms with Crippen molar-refractivity contribution >= 4 is 5.82 Å². The molecule has 2 aromatic heterocycles. The van der Waals surface area contributed by atoms with Gasteiger partial charge in [0.1, 0.15) is 17.6 Å². The first kappa shape index (κ1) is 12.2. The van der Waals surface area contributed by atoms with Crippen LogP contribution in [0.5, 0.6) is 0 Å². The summed E-state index contributed by atoms with van der Waals surface area (Å²) >= 11 is 0. The summed E-state index contributed by atoms with van der Waals surface area (Å²) in [6.45, 7) is 2.07. The van der Waals surface area contributed by atoms with Crippen molar-refractivity contribution in [3.8, 4) is 6.07 Å². The third-order valence-corrected chi connectivity index (χ3v) is 2.72. The summed E-state index contributed by atoms with van der Waals surface area (Å²) in [4.78, 5) is 4.18. The van der Waals surface area contributed by atoms with Gasteiger partial charge in [-0.2, -0.15) is 5.26 Å². The molecule has 18 heavy (non-hydrogen) atoms. The van der Waals surface area contributed by atoms with E-state index in [4.69, 9.17) is 9.68 Å². The molecule has 92 valence electrons. The van der Waals surface area contributed by atoms with Gasteiger partial charge in [0.15, 0.2) is 0 Å². The zero-order chi connectivity index (χ0) is 12.8. The fourth-order valence-corrected chi connectivity index (χ4v) is 1.73. The van der Waals surface area contributed by atoms with Crippen LogP contribution in [0.1, 0.15) is 24.7 Å². The zero-order valence-corrected chi connectivity index (χ0v) is 10.3. The lowest BCUT2D eigenvalue weighted by Crippen LogP contribution is -2.17. The van der Waals surface area contributed by atoms with Crippen molar-refractivity contribution in [2.45, 2.75) is 25.8 Å². The van der Waals surface area contributed by atoms with Crippen LogP contribution in [0.3, 0.4) is 0 Å². The number of anilines is 1. The standard InChI is InChI=1S/C14H15N3O/c1-11(6-7-13-5-3-9-18-13)17-14-12(10-15)4-2-8-16-14/h2-5,8-9,11H,6-7H2,1H3,(H,16,17). The highest BCUT2D eigenvalue weighted by molar-refractivity contribution is 5.51. The van der Waals surface area contributed by atoms with Crippen LogP contribution >= 0.6 is 0 Å². The first-order valence-corrected chi connectivity index (χ1v) is 5.93. The molecular formula is C14H15N3O. The maximum Gasteiger partial charge on any atom is 0.144 e. The van der Waals surface area contributed by atoms with Crippen LogP contribution in [0, 0.1) is 11.3 Å². The van der Waals surface area contributed by atoms with Crippen molar-refractivity contribution in [2.24, 2.45) is 0 Å².